The molecule has 0 saturated carbocycles. The predicted octanol–water partition coefficient (Wildman–Crippen LogP) is 6.18. The molecule has 2 rings (SSSR count). The second kappa shape index (κ2) is 10.8. The molecule has 0 fully saturated rings. The molecule has 1 heterocycles. The molecule has 0 aliphatic heterocycles. The summed E-state index contributed by atoms with van der Waals surface area (Å²) in [7, 11) is 0. The Kier molecular flexibility index (Phi) is 8.39. The van der Waals surface area contributed by atoms with Gasteiger partial charge in [0.25, 0.3) is 0 Å². The molecule has 0 aliphatic carbocycles. The number of aryl methyl sites for hydroxylation is 1. The summed E-state index contributed by atoms with van der Waals surface area (Å²) in [6.45, 7) is 6.13. The van der Waals surface area contributed by atoms with Crippen molar-refractivity contribution in [1.29, 1.82) is 0 Å². The van der Waals surface area contributed by atoms with Crippen LogP contribution in [0.25, 0.3) is 10.8 Å². The summed E-state index contributed by atoms with van der Waals surface area (Å²) in [6, 6.07) is 5.05. The van der Waals surface area contributed by atoms with E-state index in [9.17, 15) is 9.18 Å². The number of benzene rings is 1. The molecule has 0 radical (unpaired) electrons. The molecule has 0 aliphatic rings. The van der Waals surface area contributed by atoms with Crippen LogP contribution in [0.15, 0.2) is 40.1 Å². The van der Waals surface area contributed by atoms with Gasteiger partial charge in [0.15, 0.2) is 11.6 Å². The standard InChI is InChI=1S/C22H29FO3/c1-3-5-7-8-9-10-11-12-18-16-17-13-14-19(25-15-6-4-2)21(23)20(17)22(24)26-18/h4,13-14,16H,2-3,5-12,15H2,1H3. The van der Waals surface area contributed by atoms with Crippen LogP contribution in [0.4, 0.5) is 4.39 Å². The zero-order valence-electron chi connectivity index (χ0n) is 15.7. The van der Waals surface area contributed by atoms with Crippen molar-refractivity contribution < 1.29 is 13.5 Å². The van der Waals surface area contributed by atoms with Gasteiger partial charge in [-0.05, 0) is 30.4 Å². The molecule has 0 spiro atoms. The highest BCUT2D eigenvalue weighted by Crippen LogP contribution is 2.25. The van der Waals surface area contributed by atoms with Crippen molar-refractivity contribution in [3.8, 4) is 5.75 Å². The molecule has 2 aromatic rings. The summed E-state index contributed by atoms with van der Waals surface area (Å²) < 4.78 is 25.2. The number of halogens is 1. The first-order valence-electron chi connectivity index (χ1n) is 9.66. The van der Waals surface area contributed by atoms with Gasteiger partial charge in [-0.3, -0.25) is 0 Å². The van der Waals surface area contributed by atoms with E-state index < -0.39 is 11.4 Å². The maximum Gasteiger partial charge on any atom is 0.346 e. The van der Waals surface area contributed by atoms with Crippen LogP contribution < -0.4 is 10.4 Å². The molecule has 3 nitrogen and oxygen atoms in total. The molecule has 1 aromatic carbocycles. The Bertz CT molecular complexity index is 764. The van der Waals surface area contributed by atoms with Gasteiger partial charge in [0.05, 0.1) is 6.61 Å². The van der Waals surface area contributed by atoms with E-state index in [2.05, 4.69) is 13.5 Å². The van der Waals surface area contributed by atoms with Crippen LogP contribution in [0.1, 0.15) is 64.1 Å². The zero-order chi connectivity index (χ0) is 18.8. The van der Waals surface area contributed by atoms with Gasteiger partial charge in [0.1, 0.15) is 11.1 Å². The molecule has 1 aromatic heterocycles. The fourth-order valence-electron chi connectivity index (χ4n) is 3.02. The lowest BCUT2D eigenvalue weighted by Crippen LogP contribution is -2.07. The first-order valence-corrected chi connectivity index (χ1v) is 9.66. The van der Waals surface area contributed by atoms with E-state index in [0.717, 1.165) is 12.8 Å². The van der Waals surface area contributed by atoms with Crippen molar-refractivity contribution in [1.82, 2.24) is 0 Å². The minimum atomic E-state index is -0.650. The van der Waals surface area contributed by atoms with Gasteiger partial charge in [-0.25, -0.2) is 9.18 Å². The van der Waals surface area contributed by atoms with E-state index >= 15 is 0 Å². The SMILES string of the molecule is C=CCCOc1ccc2cc(CCCCCCCCC)oc(=O)c2c1F. The fraction of sp³-hybridized carbons (Fsp3) is 0.500. The largest absolute Gasteiger partial charge is 0.490 e. The molecule has 0 atom stereocenters. The van der Waals surface area contributed by atoms with Crippen LogP contribution in [0.3, 0.4) is 0 Å². The van der Waals surface area contributed by atoms with Crippen LogP contribution in [-0.2, 0) is 6.42 Å². The Labute approximate surface area is 154 Å². The van der Waals surface area contributed by atoms with Crippen molar-refractivity contribution >= 4 is 10.8 Å². The van der Waals surface area contributed by atoms with E-state index in [4.69, 9.17) is 9.15 Å². The van der Waals surface area contributed by atoms with E-state index in [1.54, 1.807) is 24.3 Å². The molecule has 142 valence electrons. The van der Waals surface area contributed by atoms with Gasteiger partial charge in [-0.2, -0.15) is 0 Å². The highest BCUT2D eigenvalue weighted by atomic mass is 19.1. The minimum absolute atomic E-state index is 0.0376. The molecule has 26 heavy (non-hydrogen) atoms. The Morgan fingerprint density at radius 2 is 1.88 bits per heavy atom. The zero-order valence-corrected chi connectivity index (χ0v) is 15.7. The Balaban J connectivity index is 2.00. The monoisotopic (exact) mass is 360 g/mol. The Morgan fingerprint density at radius 1 is 1.15 bits per heavy atom. The van der Waals surface area contributed by atoms with Crippen molar-refractivity contribution in [2.75, 3.05) is 6.61 Å². The topological polar surface area (TPSA) is 39.4 Å². The third-order valence-corrected chi connectivity index (χ3v) is 4.49. The third-order valence-electron chi connectivity index (χ3n) is 4.49. The van der Waals surface area contributed by atoms with Gasteiger partial charge in [0.2, 0.25) is 0 Å². The van der Waals surface area contributed by atoms with Crippen LogP contribution in [0.5, 0.6) is 5.75 Å². The molecular weight excluding hydrogens is 331 g/mol. The molecule has 0 unspecified atom stereocenters. The van der Waals surface area contributed by atoms with Crippen LogP contribution >= 0.6 is 0 Å². The lowest BCUT2D eigenvalue weighted by molar-refractivity contribution is 0.309. The molecule has 4 heteroatoms. The van der Waals surface area contributed by atoms with Crippen molar-refractivity contribution in [3.05, 3.63) is 52.9 Å². The number of rotatable bonds is 12. The van der Waals surface area contributed by atoms with Crippen LogP contribution in [-0.4, -0.2) is 6.61 Å². The van der Waals surface area contributed by atoms with Crippen molar-refractivity contribution in [2.45, 2.75) is 64.7 Å². The summed E-state index contributed by atoms with van der Waals surface area (Å²) >= 11 is 0. The highest BCUT2D eigenvalue weighted by molar-refractivity contribution is 5.83. The van der Waals surface area contributed by atoms with Gasteiger partial charge in [0, 0.05) is 6.42 Å². The lowest BCUT2D eigenvalue weighted by Gasteiger charge is -2.08. The predicted molar refractivity (Wildman–Crippen MR) is 104 cm³/mol. The lowest BCUT2D eigenvalue weighted by atomic mass is 10.1. The molecular formula is C22H29FO3. The molecule has 0 N–H and O–H groups in total. The first kappa shape index (κ1) is 20.2. The molecule has 0 amide bonds. The number of unbranched alkanes of at least 4 members (excludes halogenated alkanes) is 6. The minimum Gasteiger partial charge on any atom is -0.490 e. The Morgan fingerprint density at radius 3 is 2.62 bits per heavy atom. The summed E-state index contributed by atoms with van der Waals surface area (Å²) in [5.74, 6) is 0.0463. The first-order chi connectivity index (χ1) is 12.7. The smallest absolute Gasteiger partial charge is 0.346 e. The van der Waals surface area contributed by atoms with Crippen molar-refractivity contribution in [3.63, 3.8) is 0 Å². The maximum absolute atomic E-state index is 14.5. The summed E-state index contributed by atoms with van der Waals surface area (Å²) in [6.07, 6.45) is 11.4. The van der Waals surface area contributed by atoms with E-state index in [1.807, 2.05) is 0 Å². The average Bonchev–Trinajstić information content (AvgIpc) is 2.63. The highest BCUT2D eigenvalue weighted by Gasteiger charge is 2.14. The second-order valence-corrected chi connectivity index (χ2v) is 6.64. The number of fused-ring (bicyclic) bond motifs is 1. The molecule has 0 bridgehead atoms. The normalized spacial score (nSPS) is 11.0. The van der Waals surface area contributed by atoms with Gasteiger partial charge in [-0.15, -0.1) is 6.58 Å². The average molecular weight is 360 g/mol. The second-order valence-electron chi connectivity index (χ2n) is 6.64. The fourth-order valence-corrected chi connectivity index (χ4v) is 3.02. The van der Waals surface area contributed by atoms with Gasteiger partial charge < -0.3 is 9.15 Å². The van der Waals surface area contributed by atoms with E-state index in [0.29, 0.717) is 30.6 Å². The number of hydrogen-bond acceptors (Lipinski definition) is 3. The van der Waals surface area contributed by atoms with Crippen LogP contribution in [0, 0.1) is 5.82 Å². The molecule has 0 saturated heterocycles. The van der Waals surface area contributed by atoms with Crippen molar-refractivity contribution in [2.24, 2.45) is 0 Å². The Hall–Kier alpha value is -2.10. The maximum atomic E-state index is 14.5. The number of hydrogen-bond donors (Lipinski definition) is 0. The van der Waals surface area contributed by atoms with E-state index in [-0.39, 0.29) is 11.1 Å². The quantitative estimate of drug-likeness (QED) is 0.335. The van der Waals surface area contributed by atoms with Gasteiger partial charge >= 0.3 is 5.63 Å². The summed E-state index contributed by atoms with van der Waals surface area (Å²) in [5, 5.41) is 0.525. The van der Waals surface area contributed by atoms with Gasteiger partial charge in [-0.1, -0.05) is 57.6 Å². The van der Waals surface area contributed by atoms with E-state index in [1.165, 1.54) is 32.1 Å². The summed E-state index contributed by atoms with van der Waals surface area (Å²) in [4.78, 5) is 12.2. The summed E-state index contributed by atoms with van der Waals surface area (Å²) in [5.41, 5.74) is -0.632. The number of ether oxygens (including phenoxy) is 1. The third kappa shape index (κ3) is 5.72. The van der Waals surface area contributed by atoms with Crippen LogP contribution in [0.2, 0.25) is 0 Å².